The number of fused-ring (bicyclic) bond motifs is 1. The molecule has 1 saturated carbocycles. The van der Waals surface area contributed by atoms with Crippen molar-refractivity contribution in [2.45, 2.75) is 68.9 Å². The lowest BCUT2D eigenvalue weighted by molar-refractivity contribution is 0.0873. The van der Waals surface area contributed by atoms with E-state index < -0.39 is 18.2 Å². The number of aromatic nitrogens is 2. The minimum absolute atomic E-state index is 0.0373. The Morgan fingerprint density at radius 2 is 1.77 bits per heavy atom. The van der Waals surface area contributed by atoms with Crippen LogP contribution in [-0.2, 0) is 35.1 Å². The van der Waals surface area contributed by atoms with Gasteiger partial charge in [-0.3, -0.25) is 13.7 Å². The van der Waals surface area contributed by atoms with Gasteiger partial charge in [0.15, 0.2) is 0 Å². The third kappa shape index (κ3) is 5.96. The number of ether oxygens (including phenoxy) is 1. The zero-order valence-corrected chi connectivity index (χ0v) is 22.8. The van der Waals surface area contributed by atoms with Gasteiger partial charge >= 0.3 is 5.69 Å². The molecule has 1 fully saturated rings. The van der Waals surface area contributed by atoms with E-state index in [2.05, 4.69) is 25.7 Å². The van der Waals surface area contributed by atoms with Crippen LogP contribution in [0.15, 0.2) is 52.2 Å². The SMILES string of the molecule is Cn1c(=O)n(COCC[Si](C)(C)C)c2cccc(C3CC(CCc4ccc(S(=O)(=O)O)cc4)C3)c21. The molecule has 0 amide bonds. The normalized spacial score (nSPS) is 18.7. The molecule has 0 unspecified atom stereocenters. The summed E-state index contributed by atoms with van der Waals surface area (Å²) < 4.78 is 40.9. The fourth-order valence-corrected chi connectivity index (χ4v) is 6.16. The second-order valence-electron chi connectivity index (χ2n) is 11.0. The Balaban J connectivity index is 1.39. The molecule has 0 radical (unpaired) electrons. The molecular formula is C26H36N2O5SSi. The Hall–Kier alpha value is -2.20. The van der Waals surface area contributed by atoms with Gasteiger partial charge in [0.05, 0.1) is 15.9 Å². The molecule has 1 aliphatic rings. The van der Waals surface area contributed by atoms with E-state index in [0.29, 0.717) is 18.4 Å². The summed E-state index contributed by atoms with van der Waals surface area (Å²) in [6.45, 7) is 7.92. The first-order valence-corrected chi connectivity index (χ1v) is 17.4. The average Bonchev–Trinajstić information content (AvgIpc) is 3.00. The second kappa shape index (κ2) is 10.0. The van der Waals surface area contributed by atoms with Crippen molar-refractivity contribution in [3.63, 3.8) is 0 Å². The first-order valence-electron chi connectivity index (χ1n) is 12.3. The molecule has 0 atom stereocenters. The summed E-state index contributed by atoms with van der Waals surface area (Å²) in [4.78, 5) is 12.9. The molecule has 7 nitrogen and oxygen atoms in total. The van der Waals surface area contributed by atoms with Crippen LogP contribution >= 0.6 is 0 Å². The lowest BCUT2D eigenvalue weighted by Crippen LogP contribution is -2.26. The number of hydrogen-bond donors (Lipinski definition) is 1. The van der Waals surface area contributed by atoms with E-state index in [1.165, 1.54) is 17.7 Å². The van der Waals surface area contributed by atoms with E-state index in [9.17, 15) is 13.2 Å². The van der Waals surface area contributed by atoms with Gasteiger partial charge in [0, 0.05) is 21.7 Å². The predicted molar refractivity (Wildman–Crippen MR) is 141 cm³/mol. The van der Waals surface area contributed by atoms with Crippen molar-refractivity contribution in [2.75, 3.05) is 6.61 Å². The van der Waals surface area contributed by atoms with Gasteiger partial charge in [0.25, 0.3) is 10.1 Å². The van der Waals surface area contributed by atoms with E-state index in [0.717, 1.165) is 48.3 Å². The molecule has 0 bridgehead atoms. The highest BCUT2D eigenvalue weighted by Crippen LogP contribution is 2.45. The molecule has 1 heterocycles. The van der Waals surface area contributed by atoms with Crippen molar-refractivity contribution in [1.82, 2.24) is 9.13 Å². The van der Waals surface area contributed by atoms with E-state index in [4.69, 9.17) is 9.29 Å². The molecular weight excluding hydrogens is 480 g/mol. The molecule has 1 aromatic heterocycles. The van der Waals surface area contributed by atoms with Crippen molar-refractivity contribution in [1.29, 1.82) is 0 Å². The Bertz CT molecular complexity index is 1350. The molecule has 4 rings (SSSR count). The quantitative estimate of drug-likeness (QED) is 0.232. The molecule has 0 saturated heterocycles. The van der Waals surface area contributed by atoms with Crippen LogP contribution in [0, 0.1) is 5.92 Å². The van der Waals surface area contributed by atoms with Gasteiger partial charge in [0.1, 0.15) is 6.73 Å². The van der Waals surface area contributed by atoms with Crippen LogP contribution in [0.1, 0.15) is 36.3 Å². The average molecular weight is 517 g/mol. The number of para-hydroxylation sites is 1. The Kier molecular flexibility index (Phi) is 7.43. The number of imidazole rings is 1. The van der Waals surface area contributed by atoms with Crippen molar-refractivity contribution in [2.24, 2.45) is 13.0 Å². The monoisotopic (exact) mass is 516 g/mol. The highest BCUT2D eigenvalue weighted by Gasteiger charge is 2.32. The molecule has 1 aliphatic carbocycles. The van der Waals surface area contributed by atoms with Gasteiger partial charge in [-0.15, -0.1) is 0 Å². The van der Waals surface area contributed by atoms with Crippen molar-refractivity contribution < 1.29 is 17.7 Å². The number of hydrogen-bond acceptors (Lipinski definition) is 4. The van der Waals surface area contributed by atoms with Crippen LogP contribution in [0.5, 0.6) is 0 Å². The van der Waals surface area contributed by atoms with Crippen molar-refractivity contribution in [3.05, 3.63) is 64.1 Å². The van der Waals surface area contributed by atoms with E-state index in [-0.39, 0.29) is 17.3 Å². The van der Waals surface area contributed by atoms with Gasteiger partial charge in [-0.2, -0.15) is 8.42 Å². The standard InChI is InChI=1S/C26H36N2O5SSi/c1-27-25-23(6-5-7-24(25)28(26(27)29)18-33-14-15-35(2,3)4)21-16-20(17-21)9-8-19-10-12-22(13-11-19)34(30,31)32/h5-7,10-13,20-21H,8-9,14-18H2,1-4H3,(H,30,31,32). The minimum Gasteiger partial charge on any atom is -0.361 e. The molecule has 1 N–H and O–H groups in total. The second-order valence-corrected chi connectivity index (χ2v) is 18.1. The van der Waals surface area contributed by atoms with Gasteiger partial charge in [-0.1, -0.05) is 43.9 Å². The topological polar surface area (TPSA) is 90.5 Å². The molecule has 0 spiro atoms. The lowest BCUT2D eigenvalue weighted by atomic mass is 9.69. The minimum atomic E-state index is -4.15. The Morgan fingerprint density at radius 3 is 2.40 bits per heavy atom. The number of benzene rings is 2. The lowest BCUT2D eigenvalue weighted by Gasteiger charge is -2.36. The van der Waals surface area contributed by atoms with E-state index in [1.54, 1.807) is 21.3 Å². The fraction of sp³-hybridized carbons (Fsp3) is 0.500. The summed E-state index contributed by atoms with van der Waals surface area (Å²) in [6.07, 6.45) is 4.06. The first-order chi connectivity index (χ1) is 16.4. The summed E-state index contributed by atoms with van der Waals surface area (Å²) in [7, 11) is -3.48. The van der Waals surface area contributed by atoms with Crippen LogP contribution in [0.2, 0.25) is 25.7 Å². The summed E-state index contributed by atoms with van der Waals surface area (Å²) in [6, 6.07) is 13.7. The first kappa shape index (κ1) is 25.9. The zero-order chi connectivity index (χ0) is 25.4. The number of aryl methyl sites for hydroxylation is 2. The largest absolute Gasteiger partial charge is 0.361 e. The maximum Gasteiger partial charge on any atom is 0.330 e. The Morgan fingerprint density at radius 1 is 1.09 bits per heavy atom. The molecule has 35 heavy (non-hydrogen) atoms. The maximum atomic E-state index is 13.0. The third-order valence-electron chi connectivity index (χ3n) is 7.14. The molecule has 3 aromatic rings. The fourth-order valence-electron chi connectivity index (χ4n) is 4.92. The van der Waals surface area contributed by atoms with Gasteiger partial charge in [0.2, 0.25) is 0 Å². The summed E-state index contributed by atoms with van der Waals surface area (Å²) in [5.74, 6) is 1.03. The van der Waals surface area contributed by atoms with Crippen molar-refractivity contribution >= 4 is 29.2 Å². The van der Waals surface area contributed by atoms with Gasteiger partial charge in [-0.25, -0.2) is 4.79 Å². The zero-order valence-electron chi connectivity index (χ0n) is 21.0. The maximum absolute atomic E-state index is 13.0. The van der Waals surface area contributed by atoms with Crippen molar-refractivity contribution in [3.8, 4) is 0 Å². The summed E-state index contributed by atoms with van der Waals surface area (Å²) in [5.41, 5.74) is 4.21. The number of nitrogens with zero attached hydrogens (tertiary/aromatic N) is 2. The summed E-state index contributed by atoms with van der Waals surface area (Å²) >= 11 is 0. The third-order valence-corrected chi connectivity index (χ3v) is 9.72. The van der Waals surface area contributed by atoms with E-state index >= 15 is 0 Å². The van der Waals surface area contributed by atoms with Crippen LogP contribution in [0.25, 0.3) is 11.0 Å². The predicted octanol–water partition coefficient (Wildman–Crippen LogP) is 5.03. The van der Waals surface area contributed by atoms with Crippen LogP contribution < -0.4 is 5.69 Å². The summed E-state index contributed by atoms with van der Waals surface area (Å²) in [5, 5.41) is 0. The Labute approximate surface area is 208 Å². The highest BCUT2D eigenvalue weighted by atomic mass is 32.2. The molecule has 9 heteroatoms. The number of rotatable bonds is 10. The van der Waals surface area contributed by atoms with E-state index in [1.807, 2.05) is 19.2 Å². The highest BCUT2D eigenvalue weighted by molar-refractivity contribution is 7.85. The smallest absolute Gasteiger partial charge is 0.330 e. The van der Waals surface area contributed by atoms with Gasteiger partial charge < -0.3 is 4.74 Å². The molecule has 0 aliphatic heterocycles. The van der Waals surface area contributed by atoms with Crippen LogP contribution in [-0.4, -0.2) is 36.8 Å². The van der Waals surface area contributed by atoms with Gasteiger partial charge in [-0.05, 0) is 72.9 Å². The van der Waals surface area contributed by atoms with Crippen LogP contribution in [0.3, 0.4) is 0 Å². The van der Waals surface area contributed by atoms with Crippen LogP contribution in [0.4, 0.5) is 0 Å². The molecule has 190 valence electrons. The molecule has 2 aromatic carbocycles.